The second kappa shape index (κ2) is 7.87. The molecular formula is C20H22ClNO4. The highest BCUT2D eigenvalue weighted by Crippen LogP contribution is 2.31. The van der Waals surface area contributed by atoms with Crippen molar-refractivity contribution in [3.05, 3.63) is 52.5 Å². The molecule has 0 bridgehead atoms. The molecule has 1 heterocycles. The molecule has 5 nitrogen and oxygen atoms in total. The lowest BCUT2D eigenvalue weighted by Crippen LogP contribution is -2.28. The second-order valence-corrected chi connectivity index (χ2v) is 6.87. The highest BCUT2D eigenvalue weighted by Gasteiger charge is 2.27. The molecule has 1 atom stereocenters. The quantitative estimate of drug-likeness (QED) is 0.864. The van der Waals surface area contributed by atoms with Gasteiger partial charge in [0.05, 0.1) is 19.2 Å². The average Bonchev–Trinajstić information content (AvgIpc) is 3.11. The molecule has 0 aromatic heterocycles. The number of benzene rings is 2. The maximum atomic E-state index is 12.6. The Balaban J connectivity index is 1.65. The van der Waals surface area contributed by atoms with E-state index in [2.05, 4.69) is 0 Å². The minimum atomic E-state index is -0.0540. The fourth-order valence-electron chi connectivity index (χ4n) is 3.35. The van der Waals surface area contributed by atoms with Crippen LogP contribution in [0.4, 0.5) is 0 Å². The fourth-order valence-corrected chi connectivity index (χ4v) is 3.53. The normalized spacial score (nSPS) is 16.6. The second-order valence-electron chi connectivity index (χ2n) is 6.47. The fraction of sp³-hybridized carbons (Fsp3) is 0.350. The maximum Gasteiger partial charge on any atom is 0.253 e. The smallest absolute Gasteiger partial charge is 0.253 e. The number of amides is 1. The van der Waals surface area contributed by atoms with Crippen LogP contribution in [0.2, 0.25) is 5.02 Å². The summed E-state index contributed by atoms with van der Waals surface area (Å²) in [5.41, 5.74) is 1.66. The third-order valence-corrected chi connectivity index (χ3v) is 5.04. The summed E-state index contributed by atoms with van der Waals surface area (Å²) in [7, 11) is 3.24. The summed E-state index contributed by atoms with van der Waals surface area (Å²) < 4.78 is 10.6. The Kier molecular flexibility index (Phi) is 5.57. The molecule has 26 heavy (non-hydrogen) atoms. The van der Waals surface area contributed by atoms with Crippen molar-refractivity contribution in [3.8, 4) is 17.2 Å². The van der Waals surface area contributed by atoms with Crippen LogP contribution in [-0.4, -0.2) is 43.2 Å². The monoisotopic (exact) mass is 375 g/mol. The minimum Gasteiger partial charge on any atom is -0.506 e. The van der Waals surface area contributed by atoms with E-state index in [1.54, 1.807) is 20.3 Å². The molecule has 1 aliphatic rings. The lowest BCUT2D eigenvalue weighted by Gasteiger charge is -2.17. The number of carbonyl (C=O) groups excluding carboxylic acids is 1. The Labute approximate surface area is 158 Å². The van der Waals surface area contributed by atoms with Gasteiger partial charge in [0.15, 0.2) is 11.5 Å². The van der Waals surface area contributed by atoms with Crippen molar-refractivity contribution >= 4 is 17.5 Å². The van der Waals surface area contributed by atoms with Crippen molar-refractivity contribution in [1.29, 1.82) is 0 Å². The molecule has 0 radical (unpaired) electrons. The number of phenols is 1. The number of likely N-dealkylation sites (tertiary alicyclic amines) is 1. The molecule has 138 valence electrons. The van der Waals surface area contributed by atoms with Crippen molar-refractivity contribution in [2.24, 2.45) is 5.92 Å². The minimum absolute atomic E-state index is 0.0176. The summed E-state index contributed by atoms with van der Waals surface area (Å²) in [6.45, 7) is 1.42. The Hall–Kier alpha value is -2.40. The first-order valence-electron chi connectivity index (χ1n) is 8.50. The topological polar surface area (TPSA) is 59.0 Å². The van der Waals surface area contributed by atoms with Crippen molar-refractivity contribution in [2.75, 3.05) is 27.3 Å². The Morgan fingerprint density at radius 3 is 2.65 bits per heavy atom. The molecule has 1 N–H and O–H groups in total. The molecule has 1 saturated heterocycles. The van der Waals surface area contributed by atoms with Gasteiger partial charge >= 0.3 is 0 Å². The van der Waals surface area contributed by atoms with Crippen LogP contribution >= 0.6 is 11.6 Å². The first kappa shape index (κ1) is 18.4. The number of hydrogen-bond donors (Lipinski definition) is 1. The van der Waals surface area contributed by atoms with Gasteiger partial charge in [0.25, 0.3) is 5.91 Å². The van der Waals surface area contributed by atoms with E-state index in [-0.39, 0.29) is 16.7 Å². The van der Waals surface area contributed by atoms with Gasteiger partial charge in [-0.2, -0.15) is 0 Å². The van der Waals surface area contributed by atoms with Gasteiger partial charge in [0.1, 0.15) is 5.75 Å². The largest absolute Gasteiger partial charge is 0.506 e. The lowest BCUT2D eigenvalue weighted by molar-refractivity contribution is 0.0787. The van der Waals surface area contributed by atoms with Crippen molar-refractivity contribution in [3.63, 3.8) is 0 Å². The van der Waals surface area contributed by atoms with Crippen LogP contribution in [0.5, 0.6) is 17.2 Å². The van der Waals surface area contributed by atoms with E-state index in [4.69, 9.17) is 21.1 Å². The third-order valence-electron chi connectivity index (χ3n) is 4.74. The average molecular weight is 376 g/mol. The lowest BCUT2D eigenvalue weighted by atomic mass is 9.98. The number of nitrogens with zero attached hydrogens (tertiary/aromatic N) is 1. The van der Waals surface area contributed by atoms with Crippen molar-refractivity contribution < 1.29 is 19.4 Å². The summed E-state index contributed by atoms with van der Waals surface area (Å²) in [6, 6.07) is 10.5. The van der Waals surface area contributed by atoms with E-state index in [9.17, 15) is 9.90 Å². The highest BCUT2D eigenvalue weighted by molar-refractivity contribution is 6.32. The molecule has 1 aliphatic heterocycles. The maximum absolute atomic E-state index is 12.6. The molecule has 6 heteroatoms. The SMILES string of the molecule is COc1ccc(CC2CCN(C(=O)c3ccc(O)c(Cl)c3)C2)cc1OC. The van der Waals surface area contributed by atoms with Gasteiger partial charge in [-0.3, -0.25) is 4.79 Å². The van der Waals surface area contributed by atoms with Gasteiger partial charge < -0.3 is 19.5 Å². The van der Waals surface area contributed by atoms with Crippen LogP contribution in [-0.2, 0) is 6.42 Å². The predicted molar refractivity (Wildman–Crippen MR) is 100 cm³/mol. The molecule has 2 aromatic carbocycles. The molecular weight excluding hydrogens is 354 g/mol. The van der Waals surface area contributed by atoms with Gasteiger partial charge in [-0.25, -0.2) is 0 Å². The first-order valence-corrected chi connectivity index (χ1v) is 8.88. The molecule has 2 aromatic rings. The summed E-state index contributed by atoms with van der Waals surface area (Å²) >= 11 is 5.91. The number of halogens is 1. The summed E-state index contributed by atoms with van der Waals surface area (Å²) in [5.74, 6) is 1.75. The van der Waals surface area contributed by atoms with Gasteiger partial charge in [-0.05, 0) is 54.7 Å². The van der Waals surface area contributed by atoms with E-state index < -0.39 is 0 Å². The zero-order valence-corrected chi connectivity index (χ0v) is 15.6. The van der Waals surface area contributed by atoms with Crippen LogP contribution in [0.1, 0.15) is 22.3 Å². The van der Waals surface area contributed by atoms with Gasteiger partial charge in [-0.15, -0.1) is 0 Å². The van der Waals surface area contributed by atoms with E-state index >= 15 is 0 Å². The van der Waals surface area contributed by atoms with Gasteiger partial charge in [-0.1, -0.05) is 17.7 Å². The van der Waals surface area contributed by atoms with Crippen molar-refractivity contribution in [2.45, 2.75) is 12.8 Å². The standard InChI is InChI=1S/C20H22ClNO4/c1-25-18-6-3-13(10-19(18)26-2)9-14-7-8-22(12-14)20(24)15-4-5-17(23)16(21)11-15/h3-6,10-11,14,23H,7-9,12H2,1-2H3. The Morgan fingerprint density at radius 2 is 1.96 bits per heavy atom. The first-order chi connectivity index (χ1) is 12.5. The van der Waals surface area contributed by atoms with E-state index in [0.29, 0.717) is 23.8 Å². The molecule has 1 amide bonds. The zero-order valence-electron chi connectivity index (χ0n) is 14.9. The Morgan fingerprint density at radius 1 is 1.19 bits per heavy atom. The molecule has 1 unspecified atom stereocenters. The van der Waals surface area contributed by atoms with Crippen LogP contribution in [0.25, 0.3) is 0 Å². The van der Waals surface area contributed by atoms with Crippen molar-refractivity contribution in [1.82, 2.24) is 4.90 Å². The summed E-state index contributed by atoms with van der Waals surface area (Å²) in [5, 5.41) is 9.69. The van der Waals surface area contributed by atoms with E-state index in [1.807, 2.05) is 23.1 Å². The number of phenolic OH excluding ortho intramolecular Hbond substituents is 1. The third kappa shape index (κ3) is 3.88. The number of rotatable bonds is 5. The molecule has 0 spiro atoms. The number of aromatic hydroxyl groups is 1. The zero-order chi connectivity index (χ0) is 18.7. The van der Waals surface area contributed by atoms with E-state index in [0.717, 1.165) is 30.7 Å². The number of methoxy groups -OCH3 is 2. The van der Waals surface area contributed by atoms with Crippen LogP contribution in [0, 0.1) is 5.92 Å². The summed E-state index contributed by atoms with van der Waals surface area (Å²) in [4.78, 5) is 14.5. The van der Waals surface area contributed by atoms with E-state index in [1.165, 1.54) is 12.1 Å². The molecule has 0 aliphatic carbocycles. The highest BCUT2D eigenvalue weighted by atomic mass is 35.5. The Bertz CT molecular complexity index is 808. The molecule has 3 rings (SSSR count). The van der Waals surface area contributed by atoms with Crippen LogP contribution < -0.4 is 9.47 Å². The molecule has 1 fully saturated rings. The predicted octanol–water partition coefficient (Wildman–Crippen LogP) is 3.77. The summed E-state index contributed by atoms with van der Waals surface area (Å²) in [6.07, 6.45) is 1.83. The molecule has 0 saturated carbocycles. The van der Waals surface area contributed by atoms with Gasteiger partial charge in [0.2, 0.25) is 0 Å². The number of hydrogen-bond acceptors (Lipinski definition) is 4. The van der Waals surface area contributed by atoms with Gasteiger partial charge in [0, 0.05) is 18.7 Å². The number of ether oxygens (including phenoxy) is 2. The van der Waals surface area contributed by atoms with Crippen LogP contribution in [0.15, 0.2) is 36.4 Å². The van der Waals surface area contributed by atoms with Crippen LogP contribution in [0.3, 0.4) is 0 Å². The number of carbonyl (C=O) groups is 1.